The molecule has 1 saturated heterocycles. The zero-order valence-electron chi connectivity index (χ0n) is 14.5. The molecule has 23 heavy (non-hydrogen) atoms. The fourth-order valence-corrected chi connectivity index (χ4v) is 3.74. The SMILES string of the molecule is CCN1CCCC1CN=C(N)NCCCN(CC)S(C)(=O)=O.I. The van der Waals surface area contributed by atoms with Gasteiger partial charge in [-0.3, -0.25) is 9.89 Å². The number of sulfonamides is 1. The Morgan fingerprint density at radius 1 is 1.43 bits per heavy atom. The van der Waals surface area contributed by atoms with Crippen molar-refractivity contribution in [3.63, 3.8) is 0 Å². The molecule has 0 aromatic carbocycles. The van der Waals surface area contributed by atoms with E-state index in [0.717, 1.165) is 19.6 Å². The lowest BCUT2D eigenvalue weighted by Gasteiger charge is -2.21. The molecule has 0 bridgehead atoms. The molecule has 3 N–H and O–H groups in total. The quantitative estimate of drug-likeness (QED) is 0.228. The molecule has 1 fully saturated rings. The van der Waals surface area contributed by atoms with E-state index >= 15 is 0 Å². The minimum absolute atomic E-state index is 0. The van der Waals surface area contributed by atoms with Gasteiger partial charge in [-0.25, -0.2) is 12.7 Å². The van der Waals surface area contributed by atoms with Gasteiger partial charge in [0, 0.05) is 25.7 Å². The number of nitrogens with two attached hydrogens (primary N) is 1. The molecule has 0 aliphatic carbocycles. The Labute approximate surface area is 158 Å². The Morgan fingerprint density at radius 3 is 2.70 bits per heavy atom. The Kier molecular flexibility index (Phi) is 11.4. The van der Waals surface area contributed by atoms with E-state index in [4.69, 9.17) is 5.73 Å². The molecule has 1 heterocycles. The molecular formula is C14H32IN5O2S. The van der Waals surface area contributed by atoms with Crippen LogP contribution in [0.15, 0.2) is 4.99 Å². The van der Waals surface area contributed by atoms with Crippen LogP contribution in [0.2, 0.25) is 0 Å². The highest BCUT2D eigenvalue weighted by molar-refractivity contribution is 14.0. The summed E-state index contributed by atoms with van der Waals surface area (Å²) in [7, 11) is -3.11. The van der Waals surface area contributed by atoms with Gasteiger partial charge in [0.1, 0.15) is 0 Å². The van der Waals surface area contributed by atoms with Crippen molar-refractivity contribution in [2.45, 2.75) is 39.2 Å². The molecule has 138 valence electrons. The topological polar surface area (TPSA) is 91.0 Å². The molecule has 1 atom stereocenters. The van der Waals surface area contributed by atoms with Crippen LogP contribution in [0.4, 0.5) is 0 Å². The van der Waals surface area contributed by atoms with Crippen molar-refractivity contribution < 1.29 is 8.42 Å². The van der Waals surface area contributed by atoms with Gasteiger partial charge in [-0.2, -0.15) is 0 Å². The average molecular weight is 461 g/mol. The van der Waals surface area contributed by atoms with Gasteiger partial charge >= 0.3 is 0 Å². The van der Waals surface area contributed by atoms with Crippen LogP contribution in [0.3, 0.4) is 0 Å². The number of nitrogens with zero attached hydrogens (tertiary/aromatic N) is 3. The van der Waals surface area contributed by atoms with Gasteiger partial charge in [-0.15, -0.1) is 24.0 Å². The summed E-state index contributed by atoms with van der Waals surface area (Å²) in [6.07, 6.45) is 4.37. The third kappa shape index (κ3) is 8.50. The van der Waals surface area contributed by atoms with E-state index < -0.39 is 10.0 Å². The minimum atomic E-state index is -3.11. The first-order valence-electron chi connectivity index (χ1n) is 8.11. The van der Waals surface area contributed by atoms with Gasteiger partial charge in [-0.05, 0) is 32.4 Å². The molecule has 1 aliphatic heterocycles. The zero-order valence-corrected chi connectivity index (χ0v) is 17.6. The standard InChI is InChI=1S/C14H31N5O2S.HI/c1-4-18-10-6-8-13(18)12-17-14(15)16-9-7-11-19(5-2)22(3,20)21;/h13H,4-12H2,1-3H3,(H3,15,16,17);1H. The number of guanidine groups is 1. The highest BCUT2D eigenvalue weighted by Gasteiger charge is 2.22. The summed E-state index contributed by atoms with van der Waals surface area (Å²) in [5.41, 5.74) is 5.86. The van der Waals surface area contributed by atoms with Crippen LogP contribution >= 0.6 is 24.0 Å². The van der Waals surface area contributed by atoms with Crippen molar-refractivity contribution in [2.75, 3.05) is 45.5 Å². The summed E-state index contributed by atoms with van der Waals surface area (Å²) in [5.74, 6) is 0.449. The van der Waals surface area contributed by atoms with Crippen LogP contribution in [0.1, 0.15) is 33.1 Å². The van der Waals surface area contributed by atoms with Crippen molar-refractivity contribution in [1.82, 2.24) is 14.5 Å². The van der Waals surface area contributed by atoms with Gasteiger partial charge in [0.15, 0.2) is 5.96 Å². The normalized spacial score (nSPS) is 19.8. The van der Waals surface area contributed by atoms with Crippen LogP contribution in [-0.2, 0) is 10.0 Å². The summed E-state index contributed by atoms with van der Waals surface area (Å²) in [6, 6.07) is 0.506. The van der Waals surface area contributed by atoms with Gasteiger partial charge in [0.05, 0.1) is 12.8 Å². The summed E-state index contributed by atoms with van der Waals surface area (Å²) in [6.45, 7) is 8.59. The smallest absolute Gasteiger partial charge is 0.211 e. The number of aliphatic imine (C=N–C) groups is 1. The van der Waals surface area contributed by atoms with Gasteiger partial charge in [-0.1, -0.05) is 13.8 Å². The average Bonchev–Trinajstić information content (AvgIpc) is 2.91. The number of hydrogen-bond acceptors (Lipinski definition) is 4. The molecule has 0 amide bonds. The lowest BCUT2D eigenvalue weighted by Crippen LogP contribution is -2.37. The minimum Gasteiger partial charge on any atom is -0.370 e. The maximum absolute atomic E-state index is 11.5. The van der Waals surface area contributed by atoms with Crippen LogP contribution in [0, 0.1) is 0 Å². The number of hydrogen-bond donors (Lipinski definition) is 2. The third-order valence-corrected chi connectivity index (χ3v) is 5.47. The van der Waals surface area contributed by atoms with Crippen LogP contribution in [0.5, 0.6) is 0 Å². The fraction of sp³-hybridized carbons (Fsp3) is 0.929. The second-order valence-electron chi connectivity index (χ2n) is 5.69. The first kappa shape index (κ1) is 22.9. The van der Waals surface area contributed by atoms with Crippen LogP contribution in [-0.4, -0.2) is 75.1 Å². The Hall–Kier alpha value is -0.130. The van der Waals surface area contributed by atoms with Gasteiger partial charge < -0.3 is 11.1 Å². The number of halogens is 1. The van der Waals surface area contributed by atoms with E-state index in [-0.39, 0.29) is 24.0 Å². The van der Waals surface area contributed by atoms with E-state index in [1.54, 1.807) is 0 Å². The van der Waals surface area contributed by atoms with E-state index in [2.05, 4.69) is 22.1 Å². The second kappa shape index (κ2) is 11.4. The fourth-order valence-electron chi connectivity index (χ4n) is 2.81. The Morgan fingerprint density at radius 2 is 2.13 bits per heavy atom. The van der Waals surface area contributed by atoms with Crippen molar-refractivity contribution in [3.8, 4) is 0 Å². The van der Waals surface area contributed by atoms with Crippen LogP contribution in [0.25, 0.3) is 0 Å². The Balaban J connectivity index is 0.00000484. The molecule has 1 unspecified atom stereocenters. The second-order valence-corrected chi connectivity index (χ2v) is 7.67. The van der Waals surface area contributed by atoms with E-state index in [1.165, 1.54) is 23.4 Å². The Bertz CT molecular complexity index is 458. The van der Waals surface area contributed by atoms with Crippen LogP contribution < -0.4 is 11.1 Å². The molecular weight excluding hydrogens is 429 g/mol. The summed E-state index contributed by atoms with van der Waals surface area (Å²) in [4.78, 5) is 6.83. The van der Waals surface area contributed by atoms with Gasteiger partial charge in [0.2, 0.25) is 10.0 Å². The first-order valence-corrected chi connectivity index (χ1v) is 9.96. The largest absolute Gasteiger partial charge is 0.370 e. The van der Waals surface area contributed by atoms with Gasteiger partial charge in [0.25, 0.3) is 0 Å². The number of nitrogens with one attached hydrogen (secondary N) is 1. The summed E-state index contributed by atoms with van der Waals surface area (Å²) >= 11 is 0. The van der Waals surface area contributed by atoms with E-state index in [0.29, 0.717) is 38.1 Å². The highest BCUT2D eigenvalue weighted by Crippen LogP contribution is 2.16. The summed E-state index contributed by atoms with van der Waals surface area (Å²) < 4.78 is 24.4. The molecule has 0 aromatic rings. The lowest BCUT2D eigenvalue weighted by atomic mass is 10.2. The van der Waals surface area contributed by atoms with E-state index in [1.807, 2.05) is 6.92 Å². The maximum atomic E-state index is 11.5. The molecule has 1 rings (SSSR count). The number of likely N-dealkylation sites (tertiary alicyclic amines) is 1. The number of likely N-dealkylation sites (N-methyl/N-ethyl adjacent to an activating group) is 1. The molecule has 0 aromatic heterocycles. The molecule has 0 radical (unpaired) electrons. The first-order chi connectivity index (χ1) is 10.4. The molecule has 0 spiro atoms. The lowest BCUT2D eigenvalue weighted by molar-refractivity contribution is 0.273. The molecule has 7 nitrogen and oxygen atoms in total. The molecule has 0 saturated carbocycles. The predicted octanol–water partition coefficient (Wildman–Crippen LogP) is 0.665. The van der Waals surface area contributed by atoms with Crippen molar-refractivity contribution in [3.05, 3.63) is 0 Å². The molecule has 9 heteroatoms. The van der Waals surface area contributed by atoms with Crippen molar-refractivity contribution >= 4 is 40.0 Å². The third-order valence-electron chi connectivity index (χ3n) is 4.09. The highest BCUT2D eigenvalue weighted by atomic mass is 127. The van der Waals surface area contributed by atoms with Crippen molar-refractivity contribution in [2.24, 2.45) is 10.7 Å². The molecule has 1 aliphatic rings. The maximum Gasteiger partial charge on any atom is 0.211 e. The van der Waals surface area contributed by atoms with E-state index in [9.17, 15) is 8.42 Å². The monoisotopic (exact) mass is 461 g/mol. The predicted molar refractivity (Wildman–Crippen MR) is 107 cm³/mol. The zero-order chi connectivity index (χ0) is 16.6. The van der Waals surface area contributed by atoms with Crippen molar-refractivity contribution in [1.29, 1.82) is 0 Å². The number of rotatable bonds is 9. The summed E-state index contributed by atoms with van der Waals surface area (Å²) in [5, 5.41) is 3.06.